The molecule has 0 saturated carbocycles. The number of hydrogen-bond acceptors (Lipinski definition) is 6. The number of fused-ring (bicyclic) bond motifs is 1. The number of anilines is 1. The van der Waals surface area contributed by atoms with Gasteiger partial charge in [0.25, 0.3) is 5.91 Å². The molecule has 1 aromatic carbocycles. The van der Waals surface area contributed by atoms with Crippen molar-refractivity contribution in [2.45, 2.75) is 62.5 Å². The van der Waals surface area contributed by atoms with Gasteiger partial charge in [-0.25, -0.2) is 0 Å². The molecule has 8 heteroatoms. The fourth-order valence-electron chi connectivity index (χ4n) is 6.58. The second-order valence-corrected chi connectivity index (χ2v) is 12.0. The number of nitrogens with zero attached hydrogens (tertiary/aromatic N) is 2. The summed E-state index contributed by atoms with van der Waals surface area (Å²) >= 11 is 1.63. The van der Waals surface area contributed by atoms with Crippen molar-refractivity contribution in [3.8, 4) is 0 Å². The van der Waals surface area contributed by atoms with Crippen molar-refractivity contribution in [1.82, 2.24) is 4.90 Å². The third kappa shape index (κ3) is 3.89. The van der Waals surface area contributed by atoms with Crippen LogP contribution in [0.15, 0.2) is 30.9 Å². The second-order valence-electron chi connectivity index (χ2n) is 10.1. The van der Waals surface area contributed by atoms with Gasteiger partial charge >= 0.3 is 5.97 Å². The van der Waals surface area contributed by atoms with E-state index in [0.717, 1.165) is 23.2 Å². The Balaban J connectivity index is 1.83. The Labute approximate surface area is 211 Å². The van der Waals surface area contributed by atoms with Crippen LogP contribution in [0.1, 0.15) is 44.2 Å². The number of para-hydroxylation sites is 1. The van der Waals surface area contributed by atoms with Crippen LogP contribution in [0.25, 0.3) is 0 Å². The van der Waals surface area contributed by atoms with Gasteiger partial charge in [-0.05, 0) is 58.1 Å². The molecule has 35 heavy (non-hydrogen) atoms. The van der Waals surface area contributed by atoms with Crippen molar-refractivity contribution in [2.24, 2.45) is 11.8 Å². The summed E-state index contributed by atoms with van der Waals surface area (Å²) in [7, 11) is 0. The first-order chi connectivity index (χ1) is 16.7. The molecule has 1 N–H and O–H groups in total. The van der Waals surface area contributed by atoms with Crippen LogP contribution in [-0.4, -0.2) is 69.6 Å². The summed E-state index contributed by atoms with van der Waals surface area (Å²) < 4.78 is 4.27. The van der Waals surface area contributed by atoms with E-state index in [9.17, 15) is 19.5 Å². The molecular weight excluding hydrogens is 464 g/mol. The van der Waals surface area contributed by atoms with Gasteiger partial charge in [0, 0.05) is 30.1 Å². The lowest BCUT2D eigenvalue weighted by atomic mass is 9.66. The number of hydrogen-bond donors (Lipinski definition) is 1. The zero-order chi connectivity index (χ0) is 25.5. The summed E-state index contributed by atoms with van der Waals surface area (Å²) in [6, 6.07) is 5.19. The number of amides is 2. The summed E-state index contributed by atoms with van der Waals surface area (Å²) in [5, 5.41) is 9.54. The molecule has 190 valence electrons. The fraction of sp³-hybridized carbons (Fsp3) is 0.593. The summed E-state index contributed by atoms with van der Waals surface area (Å²) in [6.45, 7) is 12.4. The zero-order valence-electron chi connectivity index (χ0n) is 21.1. The minimum atomic E-state index is -0.725. The Morgan fingerprint density at radius 2 is 2.00 bits per heavy atom. The second kappa shape index (κ2) is 9.62. The molecular formula is C27H36N2O5S. The number of thioether (sulfide) groups is 1. The van der Waals surface area contributed by atoms with E-state index in [-0.39, 0.29) is 37.5 Å². The predicted octanol–water partition coefficient (Wildman–Crippen LogP) is 3.25. The van der Waals surface area contributed by atoms with Gasteiger partial charge in [0.05, 0.1) is 23.2 Å². The first-order valence-corrected chi connectivity index (χ1v) is 13.2. The maximum atomic E-state index is 14.5. The summed E-state index contributed by atoms with van der Waals surface area (Å²) in [6.07, 6.45) is 3.50. The number of likely N-dealkylation sites (tertiary alicyclic amines) is 1. The maximum Gasteiger partial charge on any atom is 0.311 e. The van der Waals surface area contributed by atoms with Gasteiger partial charge in [-0.2, -0.15) is 0 Å². The van der Waals surface area contributed by atoms with Gasteiger partial charge < -0.3 is 19.6 Å². The maximum absolute atomic E-state index is 14.5. The lowest BCUT2D eigenvalue weighted by Gasteiger charge is -2.38. The van der Waals surface area contributed by atoms with Crippen molar-refractivity contribution < 1.29 is 24.2 Å². The summed E-state index contributed by atoms with van der Waals surface area (Å²) in [5.41, 5.74) is 2.78. The molecule has 5 atom stereocenters. The fourth-order valence-corrected chi connectivity index (χ4v) is 8.92. The molecule has 3 fully saturated rings. The largest absolute Gasteiger partial charge is 0.466 e. The summed E-state index contributed by atoms with van der Waals surface area (Å²) in [5.74, 6) is -1.88. The number of esters is 1. The zero-order valence-corrected chi connectivity index (χ0v) is 21.9. The van der Waals surface area contributed by atoms with Crippen LogP contribution in [0.4, 0.5) is 5.69 Å². The molecule has 0 radical (unpaired) electrons. The van der Waals surface area contributed by atoms with E-state index in [0.29, 0.717) is 19.4 Å². The lowest BCUT2D eigenvalue weighted by molar-refractivity contribution is -0.155. The van der Waals surface area contributed by atoms with Gasteiger partial charge in [0.2, 0.25) is 5.91 Å². The highest BCUT2D eigenvalue weighted by Crippen LogP contribution is 2.71. The highest BCUT2D eigenvalue weighted by molar-refractivity contribution is 8.02. The number of carbonyl (C=O) groups excluding carboxylic acids is 3. The molecule has 3 aliphatic heterocycles. The Morgan fingerprint density at radius 1 is 1.31 bits per heavy atom. The molecule has 2 amide bonds. The first-order valence-electron chi connectivity index (χ1n) is 12.4. The molecule has 3 saturated heterocycles. The van der Waals surface area contributed by atoms with Crippen LogP contribution in [0.5, 0.6) is 0 Å². The van der Waals surface area contributed by atoms with Crippen molar-refractivity contribution in [3.63, 3.8) is 0 Å². The van der Waals surface area contributed by atoms with Crippen LogP contribution in [0.2, 0.25) is 0 Å². The van der Waals surface area contributed by atoms with Crippen molar-refractivity contribution in [1.29, 1.82) is 0 Å². The third-order valence-electron chi connectivity index (χ3n) is 7.90. The summed E-state index contributed by atoms with van der Waals surface area (Å²) in [4.78, 5) is 44.9. The molecule has 2 unspecified atom stereocenters. The van der Waals surface area contributed by atoms with Gasteiger partial charge in [0.15, 0.2) is 0 Å². The molecule has 1 aromatic rings. The Morgan fingerprint density at radius 3 is 2.60 bits per heavy atom. The van der Waals surface area contributed by atoms with E-state index in [1.807, 2.05) is 39.0 Å². The monoisotopic (exact) mass is 500 g/mol. The third-order valence-corrected chi connectivity index (χ3v) is 9.88. The normalized spacial score (nSPS) is 30.9. The van der Waals surface area contributed by atoms with Crippen LogP contribution >= 0.6 is 11.8 Å². The van der Waals surface area contributed by atoms with E-state index >= 15 is 0 Å². The van der Waals surface area contributed by atoms with Gasteiger partial charge in [0.1, 0.15) is 6.04 Å². The number of aryl methyl sites for hydroxylation is 2. The molecule has 0 aliphatic carbocycles. The van der Waals surface area contributed by atoms with E-state index < -0.39 is 27.4 Å². The van der Waals surface area contributed by atoms with Crippen LogP contribution in [-0.2, 0) is 19.1 Å². The van der Waals surface area contributed by atoms with Crippen molar-refractivity contribution >= 4 is 35.2 Å². The molecule has 3 heterocycles. The van der Waals surface area contributed by atoms with Crippen LogP contribution in [0, 0.1) is 25.7 Å². The van der Waals surface area contributed by atoms with Gasteiger partial charge in [-0.3, -0.25) is 14.4 Å². The van der Waals surface area contributed by atoms with E-state index in [4.69, 9.17) is 4.74 Å². The molecule has 3 aliphatic rings. The first kappa shape index (κ1) is 25.8. The molecule has 0 aromatic heterocycles. The standard InChI is InChI=1S/C27H36N2O5S/c1-6-14-28(21-17(3)10-8-11-18(21)4)24(32)22-27-13-12-26(5,35-27)20(25(33)34-7-2)19(27)23(31)29(22)15-9-16-30/h6,8,10-11,19-20,22,30H,1,7,9,12-16H2,2-5H3/t19-,20-,22?,26+,27?/m0/s1. The number of carbonyl (C=O) groups is 3. The number of aliphatic hydroxyl groups is 1. The molecule has 1 spiro atoms. The average molecular weight is 501 g/mol. The Bertz CT molecular complexity index is 1020. The smallest absolute Gasteiger partial charge is 0.311 e. The number of rotatable bonds is 9. The van der Waals surface area contributed by atoms with Crippen molar-refractivity contribution in [3.05, 3.63) is 42.0 Å². The van der Waals surface area contributed by atoms with Crippen LogP contribution < -0.4 is 4.90 Å². The highest BCUT2D eigenvalue weighted by Gasteiger charge is 2.77. The number of aliphatic hydroxyl groups excluding tert-OH is 1. The molecule has 2 bridgehead atoms. The van der Waals surface area contributed by atoms with E-state index in [2.05, 4.69) is 6.58 Å². The number of ether oxygens (including phenoxy) is 1. The quantitative estimate of drug-likeness (QED) is 0.414. The minimum Gasteiger partial charge on any atom is -0.466 e. The van der Waals surface area contributed by atoms with Gasteiger partial charge in [-0.1, -0.05) is 24.3 Å². The lowest BCUT2D eigenvalue weighted by Crippen LogP contribution is -2.55. The molecule has 7 nitrogen and oxygen atoms in total. The molecule has 4 rings (SSSR count). The average Bonchev–Trinajstić information content (AvgIpc) is 3.37. The van der Waals surface area contributed by atoms with E-state index in [1.165, 1.54) is 0 Å². The van der Waals surface area contributed by atoms with E-state index in [1.54, 1.807) is 34.6 Å². The van der Waals surface area contributed by atoms with Crippen molar-refractivity contribution in [2.75, 3.05) is 31.2 Å². The SMILES string of the molecule is C=CCN(C(=O)C1N(CCCO)C(=O)[C@@H]2[C@@H](C(=O)OCC)[C@@]3(C)CCC12S3)c1c(C)cccc1C. The highest BCUT2D eigenvalue weighted by atomic mass is 32.2. The minimum absolute atomic E-state index is 0.0816. The topological polar surface area (TPSA) is 87.2 Å². The van der Waals surface area contributed by atoms with Gasteiger partial charge in [-0.15, -0.1) is 18.3 Å². The Kier molecular flexibility index (Phi) is 7.08. The number of benzene rings is 1. The Hall–Kier alpha value is -2.32. The predicted molar refractivity (Wildman–Crippen MR) is 137 cm³/mol. The van der Waals surface area contributed by atoms with Crippen LogP contribution in [0.3, 0.4) is 0 Å².